The van der Waals surface area contributed by atoms with Gasteiger partial charge in [0.15, 0.2) is 11.6 Å². The highest BCUT2D eigenvalue weighted by Gasteiger charge is 2.33. The van der Waals surface area contributed by atoms with Gasteiger partial charge in [-0.1, -0.05) is 13.8 Å². The van der Waals surface area contributed by atoms with E-state index < -0.39 is 35.2 Å². The van der Waals surface area contributed by atoms with Gasteiger partial charge < -0.3 is 0 Å². The second kappa shape index (κ2) is 5.54. The number of amides is 2. The van der Waals surface area contributed by atoms with E-state index in [1.807, 2.05) is 0 Å². The first kappa shape index (κ1) is 16.4. The van der Waals surface area contributed by atoms with E-state index in [2.05, 4.69) is 5.32 Å². The molecule has 1 N–H and O–H groups in total. The zero-order valence-electron chi connectivity index (χ0n) is 13.5. The Bertz CT molecular complexity index is 927. The summed E-state index contributed by atoms with van der Waals surface area (Å²) in [5.41, 5.74) is -0.0414. The molecule has 0 aliphatic carbocycles. The minimum absolute atomic E-state index is 0.0833. The zero-order valence-corrected chi connectivity index (χ0v) is 13.5. The molecule has 1 atom stereocenters. The molecule has 6 nitrogen and oxygen atoms in total. The lowest BCUT2D eigenvalue weighted by molar-refractivity contribution is -0.135. The standard InChI is InChI=1S/C16H17F2N3O3/c1-7(2)12-13(18)8(17)6-10-14(12)20(3)16(24)21(10)9-4-5-11(22)19-15(9)23/h6-7,9H,4-5H2,1-3H3,(H,19,22,23). The number of imide groups is 1. The number of aromatic nitrogens is 2. The van der Waals surface area contributed by atoms with Crippen molar-refractivity contribution in [3.63, 3.8) is 0 Å². The topological polar surface area (TPSA) is 73.1 Å². The van der Waals surface area contributed by atoms with Crippen LogP contribution in [0.4, 0.5) is 8.78 Å². The van der Waals surface area contributed by atoms with E-state index in [0.717, 1.165) is 10.6 Å². The number of piperidine rings is 1. The average molecular weight is 337 g/mol. The molecule has 128 valence electrons. The molecule has 1 aromatic carbocycles. The molecule has 2 amide bonds. The average Bonchev–Trinajstić information content (AvgIpc) is 2.73. The van der Waals surface area contributed by atoms with Crippen molar-refractivity contribution in [1.29, 1.82) is 0 Å². The zero-order chi connectivity index (χ0) is 17.8. The van der Waals surface area contributed by atoms with Gasteiger partial charge in [0.1, 0.15) is 6.04 Å². The van der Waals surface area contributed by atoms with Crippen molar-refractivity contribution in [2.75, 3.05) is 0 Å². The largest absolute Gasteiger partial charge is 0.329 e. The first-order valence-electron chi connectivity index (χ1n) is 7.66. The lowest BCUT2D eigenvalue weighted by Gasteiger charge is -2.22. The Balaban J connectivity index is 2.35. The van der Waals surface area contributed by atoms with Crippen LogP contribution in [0, 0.1) is 11.6 Å². The summed E-state index contributed by atoms with van der Waals surface area (Å²) in [6.07, 6.45) is 0.222. The third-order valence-electron chi connectivity index (χ3n) is 4.39. The number of hydrogen-bond donors (Lipinski definition) is 1. The van der Waals surface area contributed by atoms with E-state index in [-0.39, 0.29) is 35.4 Å². The Morgan fingerprint density at radius 1 is 1.25 bits per heavy atom. The van der Waals surface area contributed by atoms with Gasteiger partial charge in [0.05, 0.1) is 11.0 Å². The molecule has 2 heterocycles. The molecule has 1 saturated heterocycles. The number of carbonyl (C=O) groups is 2. The molecule has 24 heavy (non-hydrogen) atoms. The molecule has 1 aliphatic heterocycles. The molecule has 3 rings (SSSR count). The van der Waals surface area contributed by atoms with Gasteiger partial charge in [-0.3, -0.25) is 24.0 Å². The summed E-state index contributed by atoms with van der Waals surface area (Å²) >= 11 is 0. The molecule has 8 heteroatoms. The monoisotopic (exact) mass is 337 g/mol. The van der Waals surface area contributed by atoms with Crippen LogP contribution in [0.3, 0.4) is 0 Å². The van der Waals surface area contributed by atoms with Gasteiger partial charge in [-0.15, -0.1) is 0 Å². The lowest BCUT2D eigenvalue weighted by atomic mass is 9.99. The van der Waals surface area contributed by atoms with Crippen molar-refractivity contribution in [2.24, 2.45) is 7.05 Å². The number of imidazole rings is 1. The highest BCUT2D eigenvalue weighted by Crippen LogP contribution is 2.31. The van der Waals surface area contributed by atoms with E-state index >= 15 is 0 Å². The summed E-state index contributed by atoms with van der Waals surface area (Å²) in [5.74, 6) is -3.45. The number of nitrogens with zero attached hydrogens (tertiary/aromatic N) is 2. The van der Waals surface area contributed by atoms with Crippen molar-refractivity contribution in [3.8, 4) is 0 Å². The van der Waals surface area contributed by atoms with Crippen LogP contribution in [0.15, 0.2) is 10.9 Å². The van der Waals surface area contributed by atoms with Crippen LogP contribution in [0.5, 0.6) is 0 Å². The molecule has 0 radical (unpaired) electrons. The van der Waals surface area contributed by atoms with Crippen molar-refractivity contribution in [2.45, 2.75) is 38.6 Å². The fourth-order valence-electron chi connectivity index (χ4n) is 3.28. The third kappa shape index (κ3) is 2.24. The fourth-order valence-corrected chi connectivity index (χ4v) is 3.28. The summed E-state index contributed by atoms with van der Waals surface area (Å²) in [6, 6.07) is 0.00513. The van der Waals surface area contributed by atoms with Gasteiger partial charge in [0.25, 0.3) is 0 Å². The van der Waals surface area contributed by atoms with Crippen LogP contribution in [0.25, 0.3) is 11.0 Å². The van der Waals surface area contributed by atoms with Gasteiger partial charge in [-0.2, -0.15) is 0 Å². The van der Waals surface area contributed by atoms with Crippen molar-refractivity contribution < 1.29 is 18.4 Å². The van der Waals surface area contributed by atoms with Crippen molar-refractivity contribution in [1.82, 2.24) is 14.5 Å². The lowest BCUT2D eigenvalue weighted by Crippen LogP contribution is -2.44. The van der Waals surface area contributed by atoms with Crippen LogP contribution in [-0.4, -0.2) is 20.9 Å². The Morgan fingerprint density at radius 3 is 2.50 bits per heavy atom. The number of fused-ring (bicyclic) bond motifs is 1. The van der Waals surface area contributed by atoms with E-state index in [9.17, 15) is 23.2 Å². The second-order valence-electron chi connectivity index (χ2n) is 6.29. The SMILES string of the molecule is CC(C)c1c(F)c(F)cc2c1n(C)c(=O)n2C1CCC(=O)NC1=O. The van der Waals surface area contributed by atoms with E-state index in [1.165, 1.54) is 11.6 Å². The molecular weight excluding hydrogens is 320 g/mol. The number of aryl methyl sites for hydroxylation is 1. The van der Waals surface area contributed by atoms with Crippen LogP contribution in [0.1, 0.15) is 44.2 Å². The third-order valence-corrected chi connectivity index (χ3v) is 4.39. The maximum Gasteiger partial charge on any atom is 0.329 e. The van der Waals surface area contributed by atoms with Crippen molar-refractivity contribution in [3.05, 3.63) is 33.7 Å². The van der Waals surface area contributed by atoms with Gasteiger partial charge in [-0.05, 0) is 12.3 Å². The predicted octanol–water partition coefficient (Wildman–Crippen LogP) is 1.72. The summed E-state index contributed by atoms with van der Waals surface area (Å²) in [6.45, 7) is 3.40. The maximum absolute atomic E-state index is 14.2. The number of hydrogen-bond acceptors (Lipinski definition) is 3. The molecular formula is C16H17F2N3O3. The van der Waals surface area contributed by atoms with Gasteiger partial charge in [0.2, 0.25) is 11.8 Å². The first-order valence-corrected chi connectivity index (χ1v) is 7.66. The Hall–Kier alpha value is -2.51. The normalized spacial score (nSPS) is 18.5. The fraction of sp³-hybridized carbons (Fsp3) is 0.438. The molecule has 1 unspecified atom stereocenters. The molecule has 1 aliphatic rings. The number of rotatable bonds is 2. The molecule has 1 fully saturated rings. The first-order chi connectivity index (χ1) is 11.2. The summed E-state index contributed by atoms with van der Waals surface area (Å²) in [7, 11) is 1.45. The van der Waals surface area contributed by atoms with Crippen LogP contribution >= 0.6 is 0 Å². The Labute approximate surface area is 136 Å². The minimum Gasteiger partial charge on any atom is -0.295 e. The van der Waals surface area contributed by atoms with Crippen LogP contribution < -0.4 is 11.0 Å². The molecule has 2 aromatic rings. The number of carbonyl (C=O) groups excluding carboxylic acids is 2. The quantitative estimate of drug-likeness (QED) is 0.848. The van der Waals surface area contributed by atoms with E-state index in [1.54, 1.807) is 13.8 Å². The molecule has 0 spiro atoms. The van der Waals surface area contributed by atoms with Crippen LogP contribution in [0.2, 0.25) is 0 Å². The summed E-state index contributed by atoms with van der Waals surface area (Å²) < 4.78 is 30.7. The Kier molecular flexibility index (Phi) is 3.77. The smallest absolute Gasteiger partial charge is 0.295 e. The predicted molar refractivity (Wildman–Crippen MR) is 82.6 cm³/mol. The number of nitrogens with one attached hydrogen (secondary N) is 1. The highest BCUT2D eigenvalue weighted by atomic mass is 19.2. The number of halogens is 2. The molecule has 0 saturated carbocycles. The summed E-state index contributed by atoms with van der Waals surface area (Å²) in [5, 5.41) is 2.18. The second-order valence-corrected chi connectivity index (χ2v) is 6.29. The molecule has 0 bridgehead atoms. The van der Waals surface area contributed by atoms with Crippen molar-refractivity contribution >= 4 is 22.8 Å². The van der Waals surface area contributed by atoms with E-state index in [4.69, 9.17) is 0 Å². The molecule has 1 aromatic heterocycles. The number of benzene rings is 1. The van der Waals surface area contributed by atoms with Crippen LogP contribution in [-0.2, 0) is 16.6 Å². The summed E-state index contributed by atoms with van der Waals surface area (Å²) in [4.78, 5) is 36.1. The van der Waals surface area contributed by atoms with Gasteiger partial charge in [0, 0.05) is 25.1 Å². The van der Waals surface area contributed by atoms with Gasteiger partial charge >= 0.3 is 5.69 Å². The minimum atomic E-state index is -1.07. The van der Waals surface area contributed by atoms with E-state index in [0.29, 0.717) is 0 Å². The van der Waals surface area contributed by atoms with Gasteiger partial charge in [-0.25, -0.2) is 13.6 Å². The maximum atomic E-state index is 14.2. The Morgan fingerprint density at radius 2 is 1.92 bits per heavy atom. The highest BCUT2D eigenvalue weighted by molar-refractivity contribution is 6.00.